The molecule has 0 spiro atoms. The van der Waals surface area contributed by atoms with Gasteiger partial charge in [-0.25, -0.2) is 13.2 Å². The molecule has 2 aromatic rings. The third kappa shape index (κ3) is 8.08. The first-order valence-electron chi connectivity index (χ1n) is 12.5. The highest BCUT2D eigenvalue weighted by molar-refractivity contribution is 7.92. The van der Waals surface area contributed by atoms with Crippen molar-refractivity contribution in [2.45, 2.75) is 57.1 Å². The Morgan fingerprint density at radius 2 is 1.89 bits per heavy atom. The largest absolute Gasteiger partial charge is 0.506 e. The zero-order chi connectivity index (χ0) is 27.0. The van der Waals surface area contributed by atoms with E-state index in [4.69, 9.17) is 18.9 Å². The summed E-state index contributed by atoms with van der Waals surface area (Å²) in [5, 5.41) is 10.8. The Morgan fingerprint density at radius 1 is 1.16 bits per heavy atom. The number of carbonyl (C=O) groups excluding carboxylic acids is 1. The second-order valence-electron chi connectivity index (χ2n) is 9.56. The maximum atomic E-state index is 13.5. The van der Waals surface area contributed by atoms with Gasteiger partial charge in [0.05, 0.1) is 36.5 Å². The lowest BCUT2D eigenvalue weighted by Gasteiger charge is -2.27. The number of rotatable bonds is 13. The number of hydrogen-bond acceptors (Lipinski definition) is 8. The normalized spacial score (nSPS) is 16.5. The summed E-state index contributed by atoms with van der Waals surface area (Å²) in [6.07, 6.45) is 1.45. The fraction of sp³-hybridized carbons (Fsp3) is 0.519. The number of hydrogen-bond donors (Lipinski definition) is 1. The minimum atomic E-state index is -3.92. The first-order chi connectivity index (χ1) is 17.6. The molecule has 3 rings (SSSR count). The Hall–Kier alpha value is -2.82. The van der Waals surface area contributed by atoms with Crippen LogP contribution in [0.5, 0.6) is 11.5 Å². The van der Waals surface area contributed by atoms with Crippen molar-refractivity contribution in [3.05, 3.63) is 48.0 Å². The van der Waals surface area contributed by atoms with Crippen LogP contribution in [-0.2, 0) is 35.4 Å². The summed E-state index contributed by atoms with van der Waals surface area (Å²) in [5.41, 5.74) is 1.01. The molecule has 1 N–H and O–H groups in total. The number of ether oxygens (including phenoxy) is 4. The van der Waals surface area contributed by atoms with Crippen molar-refractivity contribution < 1.29 is 37.3 Å². The number of benzene rings is 2. The van der Waals surface area contributed by atoms with Crippen LogP contribution in [0, 0.1) is 5.92 Å². The number of carbonyl (C=O) groups is 1. The van der Waals surface area contributed by atoms with Gasteiger partial charge >= 0.3 is 5.97 Å². The molecule has 0 radical (unpaired) electrons. The van der Waals surface area contributed by atoms with E-state index in [2.05, 4.69) is 0 Å². The number of esters is 1. The van der Waals surface area contributed by atoms with Gasteiger partial charge in [0.15, 0.2) is 0 Å². The van der Waals surface area contributed by atoms with E-state index < -0.39 is 16.0 Å². The Labute approximate surface area is 219 Å². The van der Waals surface area contributed by atoms with E-state index in [9.17, 15) is 18.3 Å². The molecular weight excluding hydrogens is 498 g/mol. The highest BCUT2D eigenvalue weighted by Crippen LogP contribution is 2.34. The molecule has 0 bridgehead atoms. The number of methoxy groups -OCH3 is 1. The lowest BCUT2D eigenvalue weighted by Crippen LogP contribution is -2.34. The highest BCUT2D eigenvalue weighted by atomic mass is 32.2. The van der Waals surface area contributed by atoms with E-state index in [1.54, 1.807) is 37.3 Å². The van der Waals surface area contributed by atoms with Crippen LogP contribution in [0.1, 0.15) is 39.2 Å². The van der Waals surface area contributed by atoms with Crippen molar-refractivity contribution >= 4 is 21.7 Å². The summed E-state index contributed by atoms with van der Waals surface area (Å²) in [4.78, 5) is 12.1. The zero-order valence-corrected chi connectivity index (χ0v) is 22.7. The van der Waals surface area contributed by atoms with Crippen molar-refractivity contribution in [2.75, 3.05) is 37.8 Å². The Kier molecular flexibility index (Phi) is 10.2. The van der Waals surface area contributed by atoms with Crippen LogP contribution < -0.4 is 9.04 Å². The number of anilines is 1. The van der Waals surface area contributed by atoms with Gasteiger partial charge in [0.1, 0.15) is 18.1 Å². The van der Waals surface area contributed by atoms with Crippen LogP contribution in [0.2, 0.25) is 0 Å². The molecule has 0 aromatic heterocycles. The van der Waals surface area contributed by atoms with Gasteiger partial charge in [0, 0.05) is 13.2 Å². The third-order valence-corrected chi connectivity index (χ3v) is 7.78. The van der Waals surface area contributed by atoms with Gasteiger partial charge in [0.2, 0.25) is 0 Å². The van der Waals surface area contributed by atoms with Gasteiger partial charge in [-0.2, -0.15) is 0 Å². The standard InChI is InChI=1S/C27H37NO8S/c1-19(2)16-28(37(31,32)24-10-8-22(33-4)9-11-24)25-12-7-21(15-26(25)29)6-5-20(3)36-27(30)18-35-23-13-14-34-17-23/h7-12,15,19-20,23,29H,5-6,13-14,16-18H2,1-4H3/t20-,23+/m0/s1. The number of nitrogens with zero attached hydrogens (tertiary/aromatic N) is 1. The Balaban J connectivity index is 1.64. The second kappa shape index (κ2) is 13.1. The average Bonchev–Trinajstić information content (AvgIpc) is 3.39. The van der Waals surface area contributed by atoms with Crippen LogP contribution >= 0.6 is 0 Å². The van der Waals surface area contributed by atoms with Crippen molar-refractivity contribution in [3.63, 3.8) is 0 Å². The predicted octanol–water partition coefficient (Wildman–Crippen LogP) is 3.92. The van der Waals surface area contributed by atoms with Gasteiger partial charge in [0.25, 0.3) is 10.0 Å². The molecule has 2 atom stereocenters. The molecule has 37 heavy (non-hydrogen) atoms. The summed E-state index contributed by atoms with van der Waals surface area (Å²) in [7, 11) is -2.41. The molecule has 9 nitrogen and oxygen atoms in total. The minimum absolute atomic E-state index is 0.0211. The van der Waals surface area contributed by atoms with Crippen LogP contribution in [0.25, 0.3) is 0 Å². The molecule has 0 unspecified atom stereocenters. The van der Waals surface area contributed by atoms with Gasteiger partial charge in [-0.1, -0.05) is 19.9 Å². The van der Waals surface area contributed by atoms with E-state index in [-0.39, 0.29) is 47.6 Å². The monoisotopic (exact) mass is 535 g/mol. The fourth-order valence-electron chi connectivity index (χ4n) is 3.99. The van der Waals surface area contributed by atoms with Crippen molar-refractivity contribution in [3.8, 4) is 11.5 Å². The summed E-state index contributed by atoms with van der Waals surface area (Å²) in [6.45, 7) is 6.86. The average molecular weight is 536 g/mol. The molecule has 1 aliphatic rings. The van der Waals surface area contributed by atoms with Crippen molar-refractivity contribution in [1.82, 2.24) is 0 Å². The smallest absolute Gasteiger partial charge is 0.332 e. The summed E-state index contributed by atoms with van der Waals surface area (Å²) < 4.78 is 49.4. The molecule has 0 saturated carbocycles. The van der Waals surface area contributed by atoms with E-state index in [0.29, 0.717) is 31.8 Å². The lowest BCUT2D eigenvalue weighted by molar-refractivity contribution is -0.155. The fourth-order valence-corrected chi connectivity index (χ4v) is 5.63. The number of sulfonamides is 1. The molecule has 2 aromatic carbocycles. The molecule has 10 heteroatoms. The second-order valence-corrected chi connectivity index (χ2v) is 11.4. The summed E-state index contributed by atoms with van der Waals surface area (Å²) in [5.74, 6) is 0.0166. The predicted molar refractivity (Wildman–Crippen MR) is 140 cm³/mol. The van der Waals surface area contributed by atoms with Gasteiger partial charge in [-0.3, -0.25) is 4.31 Å². The number of aryl methyl sites for hydroxylation is 1. The first kappa shape index (κ1) is 28.7. The molecule has 1 aliphatic heterocycles. The first-order valence-corrected chi connectivity index (χ1v) is 13.9. The van der Waals surface area contributed by atoms with E-state index >= 15 is 0 Å². The van der Waals surface area contributed by atoms with Crippen molar-refractivity contribution in [1.29, 1.82) is 0 Å². The number of phenolic OH excluding ortho intramolecular Hbond substituents is 1. The molecule has 0 amide bonds. The van der Waals surface area contributed by atoms with E-state index in [0.717, 1.165) is 12.0 Å². The Bertz CT molecular complexity index is 1130. The SMILES string of the molecule is COc1ccc(S(=O)(=O)N(CC(C)C)c2ccc(CC[C@H](C)OC(=O)CO[C@@H]3CCOC3)cc2O)cc1. The number of phenols is 1. The minimum Gasteiger partial charge on any atom is -0.506 e. The van der Waals surface area contributed by atoms with Gasteiger partial charge < -0.3 is 24.1 Å². The van der Waals surface area contributed by atoms with Crippen LogP contribution in [0.3, 0.4) is 0 Å². The van der Waals surface area contributed by atoms with Gasteiger partial charge in [-0.15, -0.1) is 0 Å². The number of aromatic hydroxyl groups is 1. The van der Waals surface area contributed by atoms with Gasteiger partial charge in [-0.05, 0) is 74.1 Å². The van der Waals surface area contributed by atoms with Crippen LogP contribution in [-0.4, -0.2) is 65.2 Å². The Morgan fingerprint density at radius 3 is 2.49 bits per heavy atom. The lowest BCUT2D eigenvalue weighted by atomic mass is 10.1. The van der Waals surface area contributed by atoms with E-state index in [1.807, 2.05) is 13.8 Å². The summed E-state index contributed by atoms with van der Waals surface area (Å²) in [6, 6.07) is 11.1. The van der Waals surface area contributed by atoms with Crippen LogP contribution in [0.15, 0.2) is 47.4 Å². The van der Waals surface area contributed by atoms with Crippen molar-refractivity contribution in [2.24, 2.45) is 5.92 Å². The molecule has 1 heterocycles. The molecular formula is C27H37NO8S. The van der Waals surface area contributed by atoms with E-state index in [1.165, 1.54) is 23.5 Å². The summed E-state index contributed by atoms with van der Waals surface area (Å²) >= 11 is 0. The van der Waals surface area contributed by atoms with Crippen LogP contribution in [0.4, 0.5) is 5.69 Å². The topological polar surface area (TPSA) is 112 Å². The molecule has 0 aliphatic carbocycles. The quantitative estimate of drug-likeness (QED) is 0.384. The molecule has 1 fully saturated rings. The highest BCUT2D eigenvalue weighted by Gasteiger charge is 2.28. The molecule has 204 valence electrons. The maximum absolute atomic E-state index is 13.5. The zero-order valence-electron chi connectivity index (χ0n) is 21.9. The maximum Gasteiger partial charge on any atom is 0.332 e. The molecule has 1 saturated heterocycles. The third-order valence-electron chi connectivity index (χ3n) is 5.98.